The van der Waals surface area contributed by atoms with Crippen molar-refractivity contribution in [3.8, 4) is 0 Å². The summed E-state index contributed by atoms with van der Waals surface area (Å²) in [6.45, 7) is 9.04. The number of unbranched alkanes of at least 4 members (excludes halogenated alkanes) is 8. The number of rotatable bonds is 18. The second-order valence-corrected chi connectivity index (χ2v) is 11.2. The van der Waals surface area contributed by atoms with Gasteiger partial charge in [-0.15, -0.1) is 0 Å². The lowest BCUT2D eigenvalue weighted by molar-refractivity contribution is -0.345. The molecule has 0 atom stereocenters. The van der Waals surface area contributed by atoms with Crippen LogP contribution in [0.1, 0.15) is 140 Å². The van der Waals surface area contributed by atoms with E-state index in [-0.39, 0.29) is 0 Å². The van der Waals surface area contributed by atoms with Gasteiger partial charge in [-0.1, -0.05) is 103 Å². The summed E-state index contributed by atoms with van der Waals surface area (Å²) in [5.41, 5.74) is 21.6. The van der Waals surface area contributed by atoms with Crippen LogP contribution in [0.4, 0.5) is 0 Å². The number of nitrogens with zero attached hydrogens (tertiary/aromatic N) is 2. The molecule has 2 aromatic carbocycles. The Morgan fingerprint density at radius 1 is 0.500 bits per heavy atom. The van der Waals surface area contributed by atoms with Gasteiger partial charge in [0.25, 0.3) is 0 Å². The number of hydrogen-bond donors (Lipinski definition) is 0. The van der Waals surface area contributed by atoms with Gasteiger partial charge in [-0.3, -0.25) is 0 Å². The zero-order chi connectivity index (χ0) is 27.2. The van der Waals surface area contributed by atoms with Crippen LogP contribution in [0.15, 0.2) is 59.7 Å². The third kappa shape index (κ3) is 8.26. The summed E-state index contributed by atoms with van der Waals surface area (Å²) in [5, 5.41) is 0. The number of aryl methyl sites for hydroxylation is 2. The molecule has 38 heavy (non-hydrogen) atoms. The lowest BCUT2D eigenvalue weighted by Gasteiger charge is -2.11. The molecule has 0 fully saturated rings. The van der Waals surface area contributed by atoms with Crippen LogP contribution in [0.25, 0.3) is 16.9 Å². The molecule has 0 spiro atoms. The van der Waals surface area contributed by atoms with Gasteiger partial charge in [-0.2, -0.15) is 0 Å². The third-order valence-electron chi connectivity index (χ3n) is 7.99. The van der Waals surface area contributed by atoms with E-state index in [1.165, 1.54) is 78.3 Å². The number of allylic oxidation sites excluding steroid dienone is 2. The molecule has 1 aliphatic heterocycles. The zero-order valence-electron chi connectivity index (χ0n) is 24.8. The molecule has 0 saturated carbocycles. The first kappa shape index (κ1) is 30.1. The molecule has 3 rings (SSSR count). The van der Waals surface area contributed by atoms with Crippen LogP contribution in [0.2, 0.25) is 0 Å². The summed E-state index contributed by atoms with van der Waals surface area (Å²) in [4.78, 5) is 0. The highest BCUT2D eigenvalue weighted by atomic mass is 15.2. The smallest absolute Gasteiger partial charge is 0.211 e. The Hall–Kier alpha value is -2.48. The van der Waals surface area contributed by atoms with Crippen molar-refractivity contribution in [2.24, 2.45) is 0 Å². The summed E-state index contributed by atoms with van der Waals surface area (Å²) in [7, 11) is 0. The van der Waals surface area contributed by atoms with Gasteiger partial charge in [-0.05, 0) is 86.8 Å². The maximum absolute atomic E-state index is 11.8. The molecule has 0 aliphatic carbocycles. The maximum atomic E-state index is 11.8. The van der Waals surface area contributed by atoms with Crippen molar-refractivity contribution in [2.75, 3.05) is 0 Å². The van der Waals surface area contributed by atoms with E-state index in [4.69, 9.17) is 0 Å². The summed E-state index contributed by atoms with van der Waals surface area (Å²) in [5.74, 6) is 0. The van der Waals surface area contributed by atoms with Gasteiger partial charge >= 0.3 is 0 Å². The minimum atomic E-state index is 1.00. The van der Waals surface area contributed by atoms with E-state index in [0.717, 1.165) is 73.9 Å². The van der Waals surface area contributed by atoms with E-state index < -0.39 is 0 Å². The number of benzene rings is 2. The summed E-state index contributed by atoms with van der Waals surface area (Å²) in [6.07, 6.45) is 19.2. The van der Waals surface area contributed by atoms with Gasteiger partial charge in [0.2, 0.25) is 11.4 Å². The van der Waals surface area contributed by atoms with Gasteiger partial charge in [0.1, 0.15) is 0 Å². The quantitative estimate of drug-likeness (QED) is 0.140. The molecular weight excluding hydrogens is 460 g/mol. The van der Waals surface area contributed by atoms with Crippen molar-refractivity contribution in [3.63, 3.8) is 0 Å². The van der Waals surface area contributed by atoms with E-state index in [1.54, 1.807) is 0 Å². The molecule has 1 aliphatic rings. The first-order chi connectivity index (χ1) is 18.6. The maximum Gasteiger partial charge on any atom is 0.211 e. The minimum absolute atomic E-state index is 1.00. The highest BCUT2D eigenvalue weighted by Crippen LogP contribution is 2.44. The molecule has 2 aromatic rings. The van der Waals surface area contributed by atoms with Crippen LogP contribution in [-0.2, 0) is 12.8 Å². The van der Waals surface area contributed by atoms with Crippen LogP contribution in [0.3, 0.4) is 0 Å². The fourth-order valence-electron chi connectivity index (χ4n) is 5.69. The highest BCUT2D eigenvalue weighted by Gasteiger charge is 2.35. The Morgan fingerprint density at radius 3 is 1.66 bits per heavy atom. The third-order valence-corrected chi connectivity index (χ3v) is 7.99. The fraction of sp³-hybridized carbons (Fsp3) is 0.556. The van der Waals surface area contributed by atoms with Crippen molar-refractivity contribution < 1.29 is 4.70 Å². The fourth-order valence-corrected chi connectivity index (χ4v) is 5.69. The monoisotopic (exact) mass is 512 g/mol. The SMILES string of the molecule is CCCCCCCCc1ccc(C2=C(CCCC)C(CCCC)=C(c3cccc(CCCC)c3)[N+]2=[N-])cc1. The largest absolute Gasteiger partial charge is 0.493 e. The summed E-state index contributed by atoms with van der Waals surface area (Å²) < 4.78 is 1.54. The molecular formula is C36H52N2. The minimum Gasteiger partial charge on any atom is -0.493 e. The highest BCUT2D eigenvalue weighted by molar-refractivity contribution is 5.82. The summed E-state index contributed by atoms with van der Waals surface area (Å²) in [6, 6.07) is 18.0. The van der Waals surface area contributed by atoms with E-state index in [1.807, 2.05) is 0 Å². The molecule has 1 heterocycles. The molecule has 206 valence electrons. The van der Waals surface area contributed by atoms with Crippen molar-refractivity contribution in [1.82, 2.24) is 0 Å². The predicted octanol–water partition coefficient (Wildman–Crippen LogP) is 11.5. The van der Waals surface area contributed by atoms with E-state index in [0.29, 0.717) is 0 Å². The van der Waals surface area contributed by atoms with Gasteiger partial charge in [0, 0.05) is 22.3 Å². The Morgan fingerprint density at radius 2 is 1.03 bits per heavy atom. The first-order valence-electron chi connectivity index (χ1n) is 15.8. The topological polar surface area (TPSA) is 25.3 Å². The average Bonchev–Trinajstić information content (AvgIpc) is 3.22. The van der Waals surface area contributed by atoms with Gasteiger partial charge < -0.3 is 5.53 Å². The molecule has 0 radical (unpaired) electrons. The first-order valence-corrected chi connectivity index (χ1v) is 15.8. The molecule has 0 bridgehead atoms. The van der Waals surface area contributed by atoms with Crippen molar-refractivity contribution in [3.05, 3.63) is 87.5 Å². The van der Waals surface area contributed by atoms with Crippen molar-refractivity contribution in [1.29, 1.82) is 0 Å². The van der Waals surface area contributed by atoms with Gasteiger partial charge in [-0.25, -0.2) is 4.70 Å². The van der Waals surface area contributed by atoms with Gasteiger partial charge in [0.05, 0.1) is 0 Å². The van der Waals surface area contributed by atoms with Crippen LogP contribution >= 0.6 is 0 Å². The van der Waals surface area contributed by atoms with Crippen LogP contribution in [0, 0.1) is 0 Å². The van der Waals surface area contributed by atoms with E-state index in [2.05, 4.69) is 76.2 Å². The molecule has 0 unspecified atom stereocenters. The predicted molar refractivity (Wildman–Crippen MR) is 165 cm³/mol. The zero-order valence-corrected chi connectivity index (χ0v) is 24.8. The van der Waals surface area contributed by atoms with Crippen molar-refractivity contribution >= 4 is 11.4 Å². The Kier molecular flexibility index (Phi) is 13.0. The van der Waals surface area contributed by atoms with Crippen LogP contribution in [-0.4, -0.2) is 4.70 Å². The lowest BCUT2D eigenvalue weighted by atomic mass is 9.91. The Labute approximate surface area is 233 Å². The molecule has 0 amide bonds. The van der Waals surface area contributed by atoms with Crippen LogP contribution < -0.4 is 0 Å². The molecule has 2 heteroatoms. The second kappa shape index (κ2) is 16.5. The Balaban J connectivity index is 1.90. The molecule has 0 saturated heterocycles. The standard InChI is InChI=1S/C36H52N2/c1-5-9-13-14-15-16-19-29-24-26-31(27-25-29)35-33(22-11-7-3)34(23-12-8-4)36(38(35)37)32-21-17-20-30(28-32)18-10-6-2/h17,20-21,24-28H,5-16,18-19,22-23H2,1-4H3. The van der Waals surface area contributed by atoms with Crippen molar-refractivity contribution in [2.45, 2.75) is 130 Å². The average molecular weight is 513 g/mol. The summed E-state index contributed by atoms with van der Waals surface area (Å²) >= 11 is 0. The molecule has 0 N–H and O–H groups in total. The van der Waals surface area contributed by atoms with Crippen LogP contribution in [0.5, 0.6) is 0 Å². The van der Waals surface area contributed by atoms with E-state index >= 15 is 0 Å². The molecule has 2 nitrogen and oxygen atoms in total. The van der Waals surface area contributed by atoms with Gasteiger partial charge in [0.15, 0.2) is 0 Å². The normalized spacial score (nSPS) is 13.7. The molecule has 0 aromatic heterocycles. The second-order valence-electron chi connectivity index (χ2n) is 11.2. The van der Waals surface area contributed by atoms with E-state index in [9.17, 15) is 5.53 Å². The lowest BCUT2D eigenvalue weighted by Crippen LogP contribution is -2.03. The Bertz CT molecular complexity index is 1070. The number of hydrogen-bond acceptors (Lipinski definition) is 0.